The molecule has 0 spiro atoms. The van der Waals surface area contributed by atoms with Gasteiger partial charge in [-0.1, -0.05) is 102 Å². The molecule has 0 aliphatic carbocycles. The predicted octanol–water partition coefficient (Wildman–Crippen LogP) is 26.1. The van der Waals surface area contributed by atoms with Crippen LogP contribution in [0.5, 0.6) is 0 Å². The normalized spacial score (nSPS) is 13.5. The SMILES string of the molecule is Cc1cc(C)c(-c2cc3c4c(c2)N(c2c(F)cccc2F)c2cc5c(cc2B4c2cc4c(cc2N3c2c(F)cccc2F)N(c2c(F)cccc2F)c2cc(-c3c(C)cc(C)cc3C)cc3c2B4c2sc4ccc(F)cc4c2N3c2c(F)cccc2F)B2c3sc4ccc(F)cc4c3N(c3c(F)cccc3F)c3cc(-c4c(C)cc(C)cc4C)cc(c32)N5c2c(F)cccc2F)c(C)c1. The maximum absolute atomic E-state index is 18.7. The molecule has 0 unspecified atom stereocenters. The molecule has 16 aromatic carbocycles. The Kier molecular flexibility index (Phi) is 18.3. The first kappa shape index (κ1) is 82.6. The van der Waals surface area contributed by atoms with Crippen LogP contribution in [-0.2, 0) is 0 Å². The summed E-state index contributed by atoms with van der Waals surface area (Å²) in [6.45, 7) is 13.1. The molecule has 6 aliphatic heterocycles. The first-order valence-corrected chi connectivity index (χ1v) is 45.1. The van der Waals surface area contributed by atoms with Gasteiger partial charge in [0.25, 0.3) is 20.1 Å². The van der Waals surface area contributed by atoms with Crippen LogP contribution in [0.3, 0.4) is 0 Å². The van der Waals surface area contributed by atoms with Crippen LogP contribution in [0, 0.1) is 144 Å². The second-order valence-electron chi connectivity index (χ2n) is 35.7. The number of anilines is 18. The van der Waals surface area contributed by atoms with Crippen LogP contribution in [0.4, 0.5) is 164 Å². The molecule has 652 valence electrons. The molecule has 0 fully saturated rings. The van der Waals surface area contributed by atoms with E-state index in [-0.39, 0.29) is 117 Å². The molecule has 0 radical (unpaired) electrons. The molecule has 2 aromatic heterocycles. The summed E-state index contributed by atoms with van der Waals surface area (Å²) in [5.74, 6) is -14.5. The molecule has 8 heterocycles. The van der Waals surface area contributed by atoms with E-state index < -0.39 is 136 Å². The molecule has 0 bridgehead atoms. The Bertz CT molecular complexity index is 7740. The standard InChI is InChI=1S/C109H67B3F14N6S2/c1-50-32-53(4)94(54(5)33-50)59-38-86-97-87(39-59)128(103-72(117)18-11-19-73(103)118)83-49-85-69(112-99-89(130(85)105-76(121)22-13-23-77(105)122)41-61(96-57(8)36-52(3)37-58(96)9)43-91(99)132(107-80(125)26-15-27-81(107)126)101-65-45-63(114)29-31-93(65)134-109(101)112)47-67(83)110(97)66-46-68-84(48-82(66)127(86)102-70(115)16-10-17-71(102)116)129(104-74(119)20-12-21-75(104)120)88-40-60(95-55(6)34-51(2)35-56(95)7)42-90-98(88)111(68)108-100(64-44-62(113)28-30-92(64)133-108)131(90)106-78(123)24-14-25-79(106)124/h10-49H,1-9H3. The van der Waals surface area contributed by atoms with Crippen molar-refractivity contribution >= 4 is 213 Å². The summed E-state index contributed by atoms with van der Waals surface area (Å²) in [5.41, 5.74) is 7.75. The van der Waals surface area contributed by atoms with Gasteiger partial charge >= 0.3 is 0 Å². The molecule has 6 nitrogen and oxygen atoms in total. The summed E-state index contributed by atoms with van der Waals surface area (Å²) >= 11 is 2.32. The van der Waals surface area contributed by atoms with Crippen LogP contribution in [0.15, 0.2) is 243 Å². The Labute approximate surface area is 769 Å². The number of benzene rings is 16. The average molecular weight is 1820 g/mol. The lowest BCUT2D eigenvalue weighted by molar-refractivity contribution is 0.584. The van der Waals surface area contributed by atoms with Crippen molar-refractivity contribution in [1.29, 1.82) is 0 Å². The number of hydrogen-bond acceptors (Lipinski definition) is 8. The topological polar surface area (TPSA) is 19.4 Å². The van der Waals surface area contributed by atoms with Crippen molar-refractivity contribution in [3.63, 3.8) is 0 Å². The number of fused-ring (bicyclic) bond motifs is 16. The fourth-order valence-electron chi connectivity index (χ4n) is 22.9. The van der Waals surface area contributed by atoms with E-state index in [2.05, 4.69) is 0 Å². The number of para-hydroxylation sites is 6. The Morgan fingerprint density at radius 2 is 0.425 bits per heavy atom. The quantitative estimate of drug-likeness (QED) is 0.105. The molecule has 6 aliphatic rings. The molecule has 0 amide bonds. The molecule has 24 rings (SSSR count). The van der Waals surface area contributed by atoms with E-state index in [4.69, 9.17) is 0 Å². The monoisotopic (exact) mass is 1820 g/mol. The van der Waals surface area contributed by atoms with Gasteiger partial charge in [-0.05, 0) is 325 Å². The fraction of sp³-hybridized carbons (Fsp3) is 0.0826. The van der Waals surface area contributed by atoms with Gasteiger partial charge in [-0.15, -0.1) is 22.7 Å². The number of halogens is 14. The minimum absolute atomic E-state index is 0.00170. The van der Waals surface area contributed by atoms with Gasteiger partial charge in [0.1, 0.15) is 116 Å². The Hall–Kier alpha value is -14.5. The van der Waals surface area contributed by atoms with Gasteiger partial charge < -0.3 is 29.4 Å². The molecule has 25 heteroatoms. The number of rotatable bonds is 9. The third-order valence-corrected chi connectivity index (χ3v) is 29.9. The molecule has 0 saturated heterocycles. The van der Waals surface area contributed by atoms with Crippen LogP contribution in [0.1, 0.15) is 50.1 Å². The highest BCUT2D eigenvalue weighted by Crippen LogP contribution is 2.58. The largest absolute Gasteiger partial charge is 0.306 e. The van der Waals surface area contributed by atoms with Crippen LogP contribution < -0.4 is 77.2 Å². The molecule has 0 N–H and O–H groups in total. The van der Waals surface area contributed by atoms with Gasteiger partial charge in [-0.2, -0.15) is 0 Å². The zero-order valence-electron chi connectivity index (χ0n) is 72.6. The Balaban J connectivity index is 0.900. The van der Waals surface area contributed by atoms with Gasteiger partial charge in [0.15, 0.2) is 0 Å². The van der Waals surface area contributed by atoms with Crippen LogP contribution >= 0.6 is 22.7 Å². The Morgan fingerprint density at radius 1 is 0.209 bits per heavy atom. The minimum Gasteiger partial charge on any atom is -0.306 e. The van der Waals surface area contributed by atoms with Gasteiger partial charge in [0.2, 0.25) is 0 Å². The zero-order chi connectivity index (χ0) is 92.5. The van der Waals surface area contributed by atoms with Gasteiger partial charge in [0.05, 0.1) is 11.4 Å². The average Bonchev–Trinajstić information content (AvgIpc) is 0.925. The lowest BCUT2D eigenvalue weighted by Gasteiger charge is -2.48. The van der Waals surface area contributed by atoms with Crippen molar-refractivity contribution < 1.29 is 61.5 Å². The first-order valence-electron chi connectivity index (χ1n) is 43.5. The highest BCUT2D eigenvalue weighted by atomic mass is 32.1. The number of hydrogen-bond donors (Lipinski definition) is 0. The van der Waals surface area contributed by atoms with E-state index in [9.17, 15) is 0 Å². The van der Waals surface area contributed by atoms with Gasteiger partial charge in [0, 0.05) is 86.6 Å². The molecule has 18 aromatic rings. The Morgan fingerprint density at radius 3 is 0.672 bits per heavy atom. The number of aryl methyl sites for hydroxylation is 9. The van der Waals surface area contributed by atoms with Crippen molar-refractivity contribution in [2.24, 2.45) is 0 Å². The lowest BCUT2D eigenvalue weighted by Crippen LogP contribution is -2.66. The number of nitrogens with zero attached hydrogens (tertiary/aromatic N) is 6. The van der Waals surface area contributed by atoms with E-state index in [1.165, 1.54) is 90.1 Å². The highest BCUT2D eigenvalue weighted by molar-refractivity contribution is 7.34. The summed E-state index contributed by atoms with van der Waals surface area (Å²) in [7, 11) is 0. The van der Waals surface area contributed by atoms with Crippen molar-refractivity contribution in [3.8, 4) is 33.4 Å². The lowest BCUT2D eigenvalue weighted by atomic mass is 9.30. The predicted molar refractivity (Wildman–Crippen MR) is 518 cm³/mol. The molecular formula is C109H67B3F14N6S2. The maximum atomic E-state index is 18.7. The van der Waals surface area contributed by atoms with Crippen molar-refractivity contribution in [2.45, 2.75) is 62.3 Å². The third kappa shape index (κ3) is 11.8. The van der Waals surface area contributed by atoms with E-state index in [1.54, 1.807) is 72.8 Å². The summed E-state index contributed by atoms with van der Waals surface area (Å²) in [6, 6.07) is 57.1. The van der Waals surface area contributed by atoms with Crippen molar-refractivity contribution in [1.82, 2.24) is 0 Å². The number of thiophene rings is 2. The smallest absolute Gasteiger partial charge is 0.264 e. The van der Waals surface area contributed by atoms with Crippen molar-refractivity contribution in [3.05, 3.63) is 374 Å². The second-order valence-corrected chi connectivity index (χ2v) is 37.9. The molecule has 134 heavy (non-hydrogen) atoms. The second kappa shape index (κ2) is 29.7. The maximum Gasteiger partial charge on any atom is 0.264 e. The van der Waals surface area contributed by atoms with Crippen LogP contribution in [0.2, 0.25) is 0 Å². The van der Waals surface area contributed by atoms with E-state index in [1.807, 2.05) is 98.7 Å². The minimum atomic E-state index is -1.44. The first-order chi connectivity index (χ1) is 64.5. The fourth-order valence-corrected chi connectivity index (χ4v) is 25.5. The summed E-state index contributed by atoms with van der Waals surface area (Å²) in [5, 5.41) is 0.414. The molecule has 0 saturated carbocycles. The van der Waals surface area contributed by atoms with E-state index in [0.29, 0.717) is 63.5 Å². The van der Waals surface area contributed by atoms with Crippen LogP contribution in [-0.4, -0.2) is 20.1 Å². The summed E-state index contributed by atoms with van der Waals surface area (Å²) < 4.78 is 255. The van der Waals surface area contributed by atoms with E-state index >= 15 is 61.5 Å². The van der Waals surface area contributed by atoms with Crippen LogP contribution in [0.25, 0.3) is 53.6 Å². The molecular weight excluding hydrogens is 1760 g/mol. The summed E-state index contributed by atoms with van der Waals surface area (Å²) in [6.07, 6.45) is 0. The highest BCUT2D eigenvalue weighted by Gasteiger charge is 2.55. The van der Waals surface area contributed by atoms with E-state index in [0.717, 1.165) is 134 Å². The van der Waals surface area contributed by atoms with Gasteiger partial charge in [-0.25, -0.2) is 61.5 Å². The summed E-state index contributed by atoms with van der Waals surface area (Å²) in [4.78, 5) is 8.26. The third-order valence-electron chi connectivity index (χ3n) is 27.4. The van der Waals surface area contributed by atoms with Gasteiger partial charge in [-0.3, -0.25) is 0 Å². The van der Waals surface area contributed by atoms with Crippen molar-refractivity contribution in [2.75, 3.05) is 29.4 Å². The zero-order valence-corrected chi connectivity index (χ0v) is 74.3. The molecule has 0 atom stereocenters.